The van der Waals surface area contributed by atoms with Gasteiger partial charge in [-0.25, -0.2) is 0 Å². The van der Waals surface area contributed by atoms with Crippen LogP contribution in [0.3, 0.4) is 0 Å². The molecule has 0 amide bonds. The third-order valence-electron chi connectivity index (χ3n) is 5.32. The Kier molecular flexibility index (Phi) is 12.9. The van der Waals surface area contributed by atoms with Crippen molar-refractivity contribution in [2.45, 2.75) is 45.6 Å². The van der Waals surface area contributed by atoms with Crippen molar-refractivity contribution in [1.29, 1.82) is 0 Å². The molecule has 172 valence electrons. The Bertz CT molecular complexity index is 617. The van der Waals surface area contributed by atoms with Gasteiger partial charge >= 0.3 is 0 Å². The highest BCUT2D eigenvalue weighted by Crippen LogP contribution is 2.30. The lowest BCUT2D eigenvalue weighted by atomic mass is 10.0. The van der Waals surface area contributed by atoms with E-state index in [9.17, 15) is 5.11 Å². The van der Waals surface area contributed by atoms with E-state index in [1.807, 2.05) is 6.07 Å². The molecule has 1 aliphatic heterocycles. The molecule has 2 unspecified atom stereocenters. The van der Waals surface area contributed by atoms with Crippen LogP contribution in [0.5, 0.6) is 11.5 Å². The van der Waals surface area contributed by atoms with Gasteiger partial charge in [-0.2, -0.15) is 0 Å². The maximum absolute atomic E-state index is 9.27. The largest absolute Gasteiger partial charge is 0.497 e. The van der Waals surface area contributed by atoms with Crippen LogP contribution in [-0.2, 0) is 0 Å². The molecule has 3 N–H and O–H groups in total. The maximum Gasteiger partial charge on any atom is 0.191 e. The summed E-state index contributed by atoms with van der Waals surface area (Å²) in [6, 6.07) is 6.32. The van der Waals surface area contributed by atoms with Crippen molar-refractivity contribution in [3.8, 4) is 11.5 Å². The SMILES string of the molecule is CCCC(CCO)CN=C(NCC)NC1CCN(c2cc(OC)cc(OC)c2)C1.I. The van der Waals surface area contributed by atoms with Crippen LogP contribution in [0.4, 0.5) is 5.69 Å². The van der Waals surface area contributed by atoms with E-state index < -0.39 is 0 Å². The van der Waals surface area contributed by atoms with E-state index in [4.69, 9.17) is 14.5 Å². The second-order valence-corrected chi connectivity index (χ2v) is 7.53. The van der Waals surface area contributed by atoms with Crippen LogP contribution in [0.2, 0.25) is 0 Å². The fourth-order valence-electron chi connectivity index (χ4n) is 3.74. The Morgan fingerprint density at radius 1 is 1.20 bits per heavy atom. The fraction of sp³-hybridized carbons (Fsp3) is 0.682. The van der Waals surface area contributed by atoms with Crippen molar-refractivity contribution < 1.29 is 14.6 Å². The van der Waals surface area contributed by atoms with E-state index in [1.165, 1.54) is 0 Å². The van der Waals surface area contributed by atoms with Crippen LogP contribution in [0.1, 0.15) is 39.5 Å². The minimum absolute atomic E-state index is 0. The Balaban J connectivity index is 0.00000450. The fourth-order valence-corrected chi connectivity index (χ4v) is 3.74. The first kappa shape index (κ1) is 26.6. The standard InChI is InChI=1S/C22H38N4O3.HI/c1-5-7-17(9-11-27)15-24-22(23-6-2)25-18-8-10-26(16-18)19-12-20(28-3)14-21(13-19)29-4;/h12-14,17-18,27H,5-11,15-16H2,1-4H3,(H2,23,24,25);1H. The van der Waals surface area contributed by atoms with Gasteiger partial charge in [0, 0.05) is 62.7 Å². The second kappa shape index (κ2) is 14.6. The van der Waals surface area contributed by atoms with Gasteiger partial charge in [0.15, 0.2) is 5.96 Å². The van der Waals surface area contributed by atoms with Crippen molar-refractivity contribution in [1.82, 2.24) is 10.6 Å². The van der Waals surface area contributed by atoms with Gasteiger partial charge in [-0.1, -0.05) is 13.3 Å². The molecule has 1 fully saturated rings. The summed E-state index contributed by atoms with van der Waals surface area (Å²) in [7, 11) is 3.35. The van der Waals surface area contributed by atoms with Gasteiger partial charge < -0.3 is 30.1 Å². The predicted molar refractivity (Wildman–Crippen MR) is 135 cm³/mol. The third-order valence-corrected chi connectivity index (χ3v) is 5.32. The van der Waals surface area contributed by atoms with Gasteiger partial charge in [0.05, 0.1) is 14.2 Å². The number of nitrogens with one attached hydrogen (secondary N) is 2. The lowest BCUT2D eigenvalue weighted by Gasteiger charge is -2.22. The van der Waals surface area contributed by atoms with Gasteiger partial charge in [0.25, 0.3) is 0 Å². The van der Waals surface area contributed by atoms with Gasteiger partial charge in [0.2, 0.25) is 0 Å². The molecule has 1 aliphatic rings. The number of hydrogen-bond donors (Lipinski definition) is 3. The van der Waals surface area contributed by atoms with Crippen molar-refractivity contribution in [3.05, 3.63) is 18.2 Å². The minimum atomic E-state index is 0. The van der Waals surface area contributed by atoms with Gasteiger partial charge in [-0.3, -0.25) is 4.99 Å². The number of aliphatic imine (C=N–C) groups is 1. The lowest BCUT2D eigenvalue weighted by molar-refractivity contribution is 0.253. The number of ether oxygens (including phenoxy) is 2. The molecule has 8 heteroatoms. The molecular formula is C22H39IN4O3. The van der Waals surface area contributed by atoms with Gasteiger partial charge in [-0.05, 0) is 32.1 Å². The summed E-state index contributed by atoms with van der Waals surface area (Å²) in [5.41, 5.74) is 1.11. The molecule has 0 spiro atoms. The van der Waals surface area contributed by atoms with E-state index in [2.05, 4.69) is 41.5 Å². The average molecular weight is 534 g/mol. The number of nitrogens with zero attached hydrogens (tertiary/aromatic N) is 2. The van der Waals surface area contributed by atoms with Crippen molar-refractivity contribution in [2.75, 3.05) is 51.9 Å². The zero-order chi connectivity index (χ0) is 21.1. The normalized spacial score (nSPS) is 17.3. The Morgan fingerprint density at radius 2 is 1.90 bits per heavy atom. The molecule has 0 aliphatic carbocycles. The van der Waals surface area contributed by atoms with Crippen LogP contribution in [0.25, 0.3) is 0 Å². The Labute approximate surface area is 198 Å². The van der Waals surface area contributed by atoms with Gasteiger partial charge in [-0.15, -0.1) is 24.0 Å². The van der Waals surface area contributed by atoms with Crippen LogP contribution in [-0.4, -0.2) is 64.1 Å². The second-order valence-electron chi connectivity index (χ2n) is 7.53. The topological polar surface area (TPSA) is 78.4 Å². The highest BCUT2D eigenvalue weighted by Gasteiger charge is 2.24. The number of benzene rings is 1. The molecular weight excluding hydrogens is 495 g/mol. The first-order valence-corrected chi connectivity index (χ1v) is 10.8. The van der Waals surface area contributed by atoms with Gasteiger partial charge in [0.1, 0.15) is 11.5 Å². The van der Waals surface area contributed by atoms with E-state index in [1.54, 1.807) is 14.2 Å². The number of methoxy groups -OCH3 is 2. The third kappa shape index (κ3) is 8.37. The molecule has 0 saturated carbocycles. The minimum Gasteiger partial charge on any atom is -0.497 e. The maximum atomic E-state index is 9.27. The highest BCUT2D eigenvalue weighted by atomic mass is 127. The summed E-state index contributed by atoms with van der Waals surface area (Å²) in [4.78, 5) is 7.14. The zero-order valence-corrected chi connectivity index (χ0v) is 21.1. The number of aliphatic hydroxyl groups excluding tert-OH is 1. The molecule has 0 radical (unpaired) electrons. The Morgan fingerprint density at radius 3 is 2.47 bits per heavy atom. The van der Waals surface area contributed by atoms with Crippen molar-refractivity contribution in [3.63, 3.8) is 0 Å². The number of rotatable bonds is 11. The van der Waals surface area contributed by atoms with Crippen LogP contribution < -0.4 is 25.0 Å². The number of guanidine groups is 1. The summed E-state index contributed by atoms with van der Waals surface area (Å²) in [6.07, 6.45) is 4.06. The Hall–Kier alpha value is -1.42. The van der Waals surface area contributed by atoms with E-state index in [-0.39, 0.29) is 30.6 Å². The first-order valence-electron chi connectivity index (χ1n) is 10.8. The number of hydrogen-bond acceptors (Lipinski definition) is 5. The van der Waals surface area contributed by atoms with E-state index in [0.29, 0.717) is 12.0 Å². The summed E-state index contributed by atoms with van der Waals surface area (Å²) in [5, 5.41) is 16.2. The molecule has 30 heavy (non-hydrogen) atoms. The molecule has 0 aromatic heterocycles. The summed E-state index contributed by atoms with van der Waals surface area (Å²) >= 11 is 0. The quantitative estimate of drug-likeness (QED) is 0.230. The molecule has 0 bridgehead atoms. The molecule has 2 atom stereocenters. The lowest BCUT2D eigenvalue weighted by Crippen LogP contribution is -2.44. The van der Waals surface area contributed by atoms with Crippen molar-refractivity contribution >= 4 is 35.6 Å². The summed E-state index contributed by atoms with van der Waals surface area (Å²) < 4.78 is 10.8. The van der Waals surface area contributed by atoms with Crippen LogP contribution in [0, 0.1) is 5.92 Å². The van der Waals surface area contributed by atoms with E-state index >= 15 is 0 Å². The summed E-state index contributed by atoms with van der Waals surface area (Å²) in [5.74, 6) is 2.90. The van der Waals surface area contributed by atoms with Crippen molar-refractivity contribution in [2.24, 2.45) is 10.9 Å². The molecule has 2 rings (SSSR count). The summed E-state index contributed by atoms with van der Waals surface area (Å²) in [6.45, 7) is 7.93. The predicted octanol–water partition coefficient (Wildman–Crippen LogP) is 3.25. The zero-order valence-electron chi connectivity index (χ0n) is 18.8. The smallest absolute Gasteiger partial charge is 0.191 e. The molecule has 1 aromatic rings. The number of aliphatic hydroxyl groups is 1. The molecule has 1 heterocycles. The molecule has 7 nitrogen and oxygen atoms in total. The molecule has 1 aromatic carbocycles. The van der Waals surface area contributed by atoms with E-state index in [0.717, 1.165) is 75.0 Å². The average Bonchev–Trinajstić information content (AvgIpc) is 3.20. The molecule has 1 saturated heterocycles. The van der Waals surface area contributed by atoms with Crippen LogP contribution >= 0.6 is 24.0 Å². The first-order chi connectivity index (χ1) is 14.1. The monoisotopic (exact) mass is 534 g/mol. The highest BCUT2D eigenvalue weighted by molar-refractivity contribution is 14.0. The number of halogens is 1. The number of anilines is 1. The van der Waals surface area contributed by atoms with Crippen LogP contribution in [0.15, 0.2) is 23.2 Å².